The Labute approximate surface area is 231 Å². The number of nitro groups is 1. The second-order valence-corrected chi connectivity index (χ2v) is 9.89. The molecule has 0 spiro atoms. The summed E-state index contributed by atoms with van der Waals surface area (Å²) in [5.74, 6) is 0.421. The normalized spacial score (nSPS) is 16.8. The number of ether oxygens (including phenoxy) is 4. The fourth-order valence-electron chi connectivity index (χ4n) is 4.53. The van der Waals surface area contributed by atoms with E-state index in [1.54, 1.807) is 17.9 Å². The lowest BCUT2D eigenvalue weighted by molar-refractivity contribution is -0.384. The molecule has 0 N–H and O–H groups in total. The van der Waals surface area contributed by atoms with Crippen molar-refractivity contribution in [1.29, 1.82) is 0 Å². The molecule has 2 aromatic heterocycles. The fourth-order valence-corrected chi connectivity index (χ4v) is 4.53. The quantitative estimate of drug-likeness (QED) is 0.148. The molecule has 4 rings (SSSR count). The molecule has 1 fully saturated rings. The maximum Gasteiger partial charge on any atom is 0.514 e. The van der Waals surface area contributed by atoms with Crippen molar-refractivity contribution in [2.75, 3.05) is 0 Å². The first kappa shape index (κ1) is 28.5. The molecule has 0 bridgehead atoms. The number of nitrogens with zero attached hydrogens (tertiary/aromatic N) is 4. The van der Waals surface area contributed by atoms with Crippen molar-refractivity contribution in [3.8, 4) is 22.8 Å². The summed E-state index contributed by atoms with van der Waals surface area (Å²) < 4.78 is 23.6. The van der Waals surface area contributed by atoms with E-state index in [9.17, 15) is 19.7 Å². The molecule has 0 saturated heterocycles. The van der Waals surface area contributed by atoms with Gasteiger partial charge < -0.3 is 18.9 Å². The van der Waals surface area contributed by atoms with Crippen LogP contribution in [0.5, 0.6) is 11.5 Å². The highest BCUT2D eigenvalue weighted by atomic mass is 16.7. The van der Waals surface area contributed by atoms with Crippen molar-refractivity contribution in [3.63, 3.8) is 0 Å². The first-order valence-electron chi connectivity index (χ1n) is 13.1. The van der Waals surface area contributed by atoms with Crippen LogP contribution in [-0.4, -0.2) is 44.0 Å². The summed E-state index contributed by atoms with van der Waals surface area (Å²) in [6, 6.07) is 8.75. The van der Waals surface area contributed by atoms with Crippen molar-refractivity contribution in [2.45, 2.75) is 65.3 Å². The number of hydrogen-bond donors (Lipinski definition) is 0. The summed E-state index contributed by atoms with van der Waals surface area (Å²) in [4.78, 5) is 39.5. The third kappa shape index (κ3) is 7.13. The number of esters is 1. The third-order valence-corrected chi connectivity index (χ3v) is 6.56. The maximum absolute atomic E-state index is 12.4. The van der Waals surface area contributed by atoms with E-state index in [0.29, 0.717) is 34.8 Å². The van der Waals surface area contributed by atoms with Gasteiger partial charge in [-0.3, -0.25) is 19.6 Å². The first-order chi connectivity index (χ1) is 19.1. The summed E-state index contributed by atoms with van der Waals surface area (Å²) in [5.41, 5.74) is 2.46. The van der Waals surface area contributed by atoms with Gasteiger partial charge in [0, 0.05) is 24.7 Å². The molecule has 1 aliphatic carbocycles. The molecular formula is C28H32N4O8. The van der Waals surface area contributed by atoms with E-state index in [4.69, 9.17) is 23.9 Å². The predicted octanol–water partition coefficient (Wildman–Crippen LogP) is 5.30. The van der Waals surface area contributed by atoms with Crippen LogP contribution in [0.3, 0.4) is 0 Å². The van der Waals surface area contributed by atoms with Crippen LogP contribution in [0.2, 0.25) is 0 Å². The van der Waals surface area contributed by atoms with Gasteiger partial charge in [-0.1, -0.05) is 0 Å². The zero-order valence-corrected chi connectivity index (χ0v) is 22.9. The Bertz CT molecular complexity index is 1370. The third-order valence-electron chi connectivity index (χ3n) is 6.56. The number of non-ortho nitro benzene ring substituents is 1. The largest absolute Gasteiger partial charge is 0.514 e. The number of carbonyl (C=O) groups excluding carboxylic acids is 2. The van der Waals surface area contributed by atoms with Crippen molar-refractivity contribution in [3.05, 3.63) is 64.1 Å². The number of benzene rings is 1. The molecule has 12 heteroatoms. The summed E-state index contributed by atoms with van der Waals surface area (Å²) in [6.07, 6.45) is 3.57. The van der Waals surface area contributed by atoms with Crippen molar-refractivity contribution < 1.29 is 33.5 Å². The minimum absolute atomic E-state index is 0.103. The molecule has 12 nitrogen and oxygen atoms in total. The second kappa shape index (κ2) is 12.6. The van der Waals surface area contributed by atoms with Gasteiger partial charge in [-0.2, -0.15) is 5.10 Å². The van der Waals surface area contributed by atoms with Crippen LogP contribution in [-0.2, 0) is 27.9 Å². The van der Waals surface area contributed by atoms with E-state index >= 15 is 0 Å². The molecule has 1 aliphatic rings. The van der Waals surface area contributed by atoms with Crippen LogP contribution in [0.15, 0.2) is 42.6 Å². The summed E-state index contributed by atoms with van der Waals surface area (Å²) >= 11 is 0. The summed E-state index contributed by atoms with van der Waals surface area (Å²) in [6.45, 7) is 5.41. The smallest absolute Gasteiger partial charge is 0.489 e. The second-order valence-electron chi connectivity index (χ2n) is 9.89. The molecule has 0 unspecified atom stereocenters. The van der Waals surface area contributed by atoms with Crippen LogP contribution in [0.1, 0.15) is 50.9 Å². The van der Waals surface area contributed by atoms with Crippen LogP contribution in [0.4, 0.5) is 10.5 Å². The Morgan fingerprint density at radius 1 is 1.15 bits per heavy atom. The lowest BCUT2D eigenvalue weighted by Crippen LogP contribution is -2.31. The molecule has 1 saturated carbocycles. The first-order valence-corrected chi connectivity index (χ1v) is 13.1. The van der Waals surface area contributed by atoms with Crippen molar-refractivity contribution in [1.82, 2.24) is 14.8 Å². The lowest BCUT2D eigenvalue weighted by atomic mass is 9.87. The Hall–Kier alpha value is -4.48. The van der Waals surface area contributed by atoms with E-state index in [2.05, 4.69) is 5.10 Å². The molecule has 0 radical (unpaired) electrons. The fraction of sp³-hybridized carbons (Fsp3) is 0.429. The Morgan fingerprint density at radius 2 is 1.90 bits per heavy atom. The van der Waals surface area contributed by atoms with Crippen LogP contribution in [0.25, 0.3) is 11.3 Å². The highest BCUT2D eigenvalue weighted by Crippen LogP contribution is 2.31. The van der Waals surface area contributed by atoms with Gasteiger partial charge in [0.05, 0.1) is 46.3 Å². The summed E-state index contributed by atoms with van der Waals surface area (Å²) in [7, 11) is 1.72. The zero-order valence-electron chi connectivity index (χ0n) is 22.9. The molecule has 2 atom stereocenters. The molecule has 0 aliphatic heterocycles. The monoisotopic (exact) mass is 552 g/mol. The van der Waals surface area contributed by atoms with E-state index < -0.39 is 11.1 Å². The van der Waals surface area contributed by atoms with Gasteiger partial charge in [-0.25, -0.2) is 9.78 Å². The van der Waals surface area contributed by atoms with E-state index in [1.165, 1.54) is 24.3 Å². The van der Waals surface area contributed by atoms with Gasteiger partial charge in [0.2, 0.25) is 0 Å². The van der Waals surface area contributed by atoms with Crippen molar-refractivity contribution >= 4 is 17.8 Å². The van der Waals surface area contributed by atoms with Crippen LogP contribution < -0.4 is 9.47 Å². The van der Waals surface area contributed by atoms with Gasteiger partial charge in [-0.05, 0) is 70.7 Å². The highest BCUT2D eigenvalue weighted by Gasteiger charge is 2.30. The minimum Gasteiger partial charge on any atom is -0.489 e. The van der Waals surface area contributed by atoms with E-state index in [1.807, 2.05) is 32.9 Å². The Balaban J connectivity index is 1.38. The molecule has 1 aromatic carbocycles. The average Bonchev–Trinajstić information content (AvgIpc) is 3.28. The molecular weight excluding hydrogens is 520 g/mol. The number of pyridine rings is 1. The van der Waals surface area contributed by atoms with Crippen LogP contribution in [0, 0.1) is 23.0 Å². The van der Waals surface area contributed by atoms with E-state index in [-0.39, 0.29) is 42.1 Å². The molecule has 40 heavy (non-hydrogen) atoms. The topological polar surface area (TPSA) is 145 Å². The lowest BCUT2D eigenvalue weighted by Gasteiger charge is -2.29. The molecule has 212 valence electrons. The molecule has 2 heterocycles. The molecule has 0 amide bonds. The Kier molecular flexibility index (Phi) is 8.97. The number of rotatable bonds is 9. The number of nitro benzene ring substituents is 1. The average molecular weight is 553 g/mol. The van der Waals surface area contributed by atoms with Gasteiger partial charge in [-0.15, -0.1) is 0 Å². The van der Waals surface area contributed by atoms with E-state index in [0.717, 1.165) is 19.3 Å². The summed E-state index contributed by atoms with van der Waals surface area (Å²) in [5, 5.41) is 15.1. The van der Waals surface area contributed by atoms with Gasteiger partial charge >= 0.3 is 12.1 Å². The zero-order chi connectivity index (χ0) is 28.8. The molecule has 3 aromatic rings. The number of aryl methyl sites for hydroxylation is 2. The Morgan fingerprint density at radius 3 is 2.58 bits per heavy atom. The van der Waals surface area contributed by atoms with Gasteiger partial charge in [0.25, 0.3) is 5.69 Å². The number of aromatic nitrogens is 3. The SMILES string of the molecule is Cc1nc(-c2cnn(C)c2COC(=O)Oc2ccc([N+](=O)[O-])cc2)ccc1O[C@H]1CCC[C@H](C(=O)OC(C)C)C1. The van der Waals surface area contributed by atoms with Crippen LogP contribution >= 0.6 is 0 Å². The number of hydrogen-bond acceptors (Lipinski definition) is 10. The highest BCUT2D eigenvalue weighted by molar-refractivity contribution is 5.72. The van der Waals surface area contributed by atoms with Gasteiger partial charge in [0.15, 0.2) is 0 Å². The van der Waals surface area contributed by atoms with Crippen molar-refractivity contribution in [2.24, 2.45) is 13.0 Å². The minimum atomic E-state index is -0.961. The number of carbonyl (C=O) groups is 2. The standard InChI is InChI=1S/C28H32N4O8/c1-17(2)38-27(33)19-6-5-7-22(14-19)39-26-13-12-24(30-18(26)3)23-15-29-31(4)25(23)16-37-28(34)40-21-10-8-20(9-11-21)32(35)36/h8-13,15,17,19,22H,5-7,14,16H2,1-4H3/t19-,22-/m0/s1. The predicted molar refractivity (Wildman–Crippen MR) is 143 cm³/mol. The maximum atomic E-state index is 12.4. The van der Waals surface area contributed by atoms with Gasteiger partial charge in [0.1, 0.15) is 18.1 Å².